The molecule has 2 unspecified atom stereocenters. The van der Waals surface area contributed by atoms with Gasteiger partial charge in [0.1, 0.15) is 6.10 Å². The number of hydrogen-bond donors (Lipinski definition) is 1. The number of ether oxygens (including phenoxy) is 1. The van der Waals surface area contributed by atoms with Crippen LogP contribution in [-0.4, -0.2) is 23.1 Å². The highest BCUT2D eigenvalue weighted by Gasteiger charge is 2.52. The van der Waals surface area contributed by atoms with Crippen LogP contribution in [0.15, 0.2) is 0 Å². The lowest BCUT2D eigenvalue weighted by Gasteiger charge is -2.36. The first-order valence-electron chi connectivity index (χ1n) is 7.05. The number of hydrogen-bond acceptors (Lipinski definition) is 3. The topological polar surface area (TPSA) is 63.6 Å². The van der Waals surface area contributed by atoms with Gasteiger partial charge in [-0.1, -0.05) is 47.5 Å². The molecule has 0 spiro atoms. The predicted molar refractivity (Wildman–Crippen MR) is 74.9 cm³/mol. The number of carboxylic acids is 1. The SMILES string of the molecule is CCCCC(CC)OC(=O)C(C)(C(=O)O)C(C)(C)C. The molecule has 0 aliphatic heterocycles. The average Bonchev–Trinajstić information content (AvgIpc) is 2.31. The van der Waals surface area contributed by atoms with E-state index in [1.165, 1.54) is 6.92 Å². The second-order valence-electron chi connectivity index (χ2n) is 6.26. The summed E-state index contributed by atoms with van der Waals surface area (Å²) < 4.78 is 5.43. The van der Waals surface area contributed by atoms with Gasteiger partial charge in [0.2, 0.25) is 0 Å². The third-order valence-corrected chi connectivity index (χ3v) is 3.94. The molecule has 112 valence electrons. The van der Waals surface area contributed by atoms with Crippen molar-refractivity contribution in [1.82, 2.24) is 0 Å². The summed E-state index contributed by atoms with van der Waals surface area (Å²) in [6.45, 7) is 10.7. The van der Waals surface area contributed by atoms with Gasteiger partial charge in [-0.15, -0.1) is 0 Å². The van der Waals surface area contributed by atoms with Gasteiger partial charge in [0.05, 0.1) is 0 Å². The molecule has 0 aromatic rings. The number of carboxylic acid groups (broad SMARTS) is 1. The Morgan fingerprint density at radius 2 is 1.68 bits per heavy atom. The molecule has 0 aliphatic carbocycles. The summed E-state index contributed by atoms with van der Waals surface area (Å²) in [6, 6.07) is 0. The highest BCUT2D eigenvalue weighted by Crippen LogP contribution is 2.40. The maximum absolute atomic E-state index is 12.3. The number of aliphatic carboxylic acids is 1. The fourth-order valence-electron chi connectivity index (χ4n) is 1.76. The zero-order valence-corrected chi connectivity index (χ0v) is 13.1. The molecular formula is C15H28O4. The number of carbonyl (C=O) groups excluding carboxylic acids is 1. The van der Waals surface area contributed by atoms with E-state index in [1.54, 1.807) is 20.8 Å². The van der Waals surface area contributed by atoms with Gasteiger partial charge >= 0.3 is 11.9 Å². The van der Waals surface area contributed by atoms with Gasteiger partial charge in [0.25, 0.3) is 0 Å². The molecule has 0 amide bonds. The standard InChI is InChI=1S/C15H28O4/c1-7-9-10-11(8-2)19-13(18)15(6,12(16)17)14(3,4)5/h11H,7-10H2,1-6H3,(H,16,17). The van der Waals surface area contributed by atoms with Crippen LogP contribution in [0.25, 0.3) is 0 Å². The minimum Gasteiger partial charge on any atom is -0.480 e. The Morgan fingerprint density at radius 3 is 2.00 bits per heavy atom. The first kappa shape index (κ1) is 17.9. The third-order valence-electron chi connectivity index (χ3n) is 3.94. The van der Waals surface area contributed by atoms with Crippen LogP contribution in [0.3, 0.4) is 0 Å². The Balaban J connectivity index is 4.99. The summed E-state index contributed by atoms with van der Waals surface area (Å²) in [7, 11) is 0. The van der Waals surface area contributed by atoms with Crippen molar-refractivity contribution < 1.29 is 19.4 Å². The molecule has 0 fully saturated rings. The fourth-order valence-corrected chi connectivity index (χ4v) is 1.76. The highest BCUT2D eigenvalue weighted by atomic mass is 16.5. The average molecular weight is 272 g/mol. The number of carbonyl (C=O) groups is 2. The van der Waals surface area contributed by atoms with Crippen molar-refractivity contribution in [2.75, 3.05) is 0 Å². The van der Waals surface area contributed by atoms with Gasteiger partial charge in [0.15, 0.2) is 5.41 Å². The molecule has 1 N–H and O–H groups in total. The number of rotatable bonds is 7. The fraction of sp³-hybridized carbons (Fsp3) is 0.867. The van der Waals surface area contributed by atoms with Crippen LogP contribution in [0.1, 0.15) is 67.2 Å². The van der Waals surface area contributed by atoms with E-state index >= 15 is 0 Å². The zero-order chi connectivity index (χ0) is 15.3. The van der Waals surface area contributed by atoms with E-state index in [0.717, 1.165) is 19.3 Å². The van der Waals surface area contributed by atoms with E-state index in [2.05, 4.69) is 6.92 Å². The quantitative estimate of drug-likeness (QED) is 0.567. The van der Waals surface area contributed by atoms with Crippen LogP contribution in [0.2, 0.25) is 0 Å². The summed E-state index contributed by atoms with van der Waals surface area (Å²) in [4.78, 5) is 23.8. The Morgan fingerprint density at radius 1 is 1.16 bits per heavy atom. The Kier molecular flexibility index (Phi) is 6.53. The molecule has 0 saturated carbocycles. The number of unbranched alkanes of at least 4 members (excludes halogenated alkanes) is 1. The lowest BCUT2D eigenvalue weighted by atomic mass is 9.68. The van der Waals surface area contributed by atoms with Crippen molar-refractivity contribution in [2.45, 2.75) is 73.3 Å². The molecule has 0 saturated heterocycles. The van der Waals surface area contributed by atoms with Crippen molar-refractivity contribution in [3.8, 4) is 0 Å². The summed E-state index contributed by atoms with van der Waals surface area (Å²) in [5.74, 6) is -1.76. The Hall–Kier alpha value is -1.06. The van der Waals surface area contributed by atoms with E-state index in [-0.39, 0.29) is 6.10 Å². The Labute approximate surface area is 116 Å². The molecule has 0 aromatic carbocycles. The van der Waals surface area contributed by atoms with Gasteiger partial charge in [-0.3, -0.25) is 9.59 Å². The van der Waals surface area contributed by atoms with Gasteiger partial charge in [-0.2, -0.15) is 0 Å². The van der Waals surface area contributed by atoms with E-state index in [9.17, 15) is 14.7 Å². The molecule has 0 aliphatic rings. The van der Waals surface area contributed by atoms with E-state index in [1.807, 2.05) is 6.92 Å². The first-order valence-corrected chi connectivity index (χ1v) is 7.05. The molecule has 19 heavy (non-hydrogen) atoms. The van der Waals surface area contributed by atoms with Crippen LogP contribution < -0.4 is 0 Å². The molecule has 0 radical (unpaired) electrons. The zero-order valence-electron chi connectivity index (χ0n) is 13.1. The normalized spacial score (nSPS) is 16.5. The third kappa shape index (κ3) is 4.22. The van der Waals surface area contributed by atoms with Crippen molar-refractivity contribution in [3.63, 3.8) is 0 Å². The van der Waals surface area contributed by atoms with E-state index in [4.69, 9.17) is 4.74 Å². The van der Waals surface area contributed by atoms with E-state index in [0.29, 0.717) is 6.42 Å². The summed E-state index contributed by atoms with van der Waals surface area (Å²) in [6.07, 6.45) is 3.33. The van der Waals surface area contributed by atoms with Gasteiger partial charge in [0, 0.05) is 0 Å². The second kappa shape index (κ2) is 6.92. The highest BCUT2D eigenvalue weighted by molar-refractivity contribution is 5.99. The molecule has 4 heteroatoms. The summed E-state index contributed by atoms with van der Waals surface area (Å²) >= 11 is 0. The molecule has 0 rings (SSSR count). The minimum atomic E-state index is -1.52. The van der Waals surface area contributed by atoms with Gasteiger partial charge < -0.3 is 9.84 Å². The maximum atomic E-state index is 12.3. The van der Waals surface area contributed by atoms with Crippen molar-refractivity contribution in [2.24, 2.45) is 10.8 Å². The van der Waals surface area contributed by atoms with E-state index < -0.39 is 22.8 Å². The molecule has 2 atom stereocenters. The summed E-state index contributed by atoms with van der Waals surface area (Å²) in [5, 5.41) is 9.40. The predicted octanol–water partition coefficient (Wildman–Crippen LogP) is 3.64. The van der Waals surface area contributed by atoms with Crippen molar-refractivity contribution in [3.05, 3.63) is 0 Å². The van der Waals surface area contributed by atoms with Crippen LogP contribution >= 0.6 is 0 Å². The van der Waals surface area contributed by atoms with Gasteiger partial charge in [-0.05, 0) is 25.2 Å². The second-order valence-corrected chi connectivity index (χ2v) is 6.26. The molecule has 0 bridgehead atoms. The minimum absolute atomic E-state index is 0.187. The van der Waals surface area contributed by atoms with Crippen LogP contribution in [-0.2, 0) is 14.3 Å². The maximum Gasteiger partial charge on any atom is 0.324 e. The Bertz CT molecular complexity index is 317. The van der Waals surface area contributed by atoms with Gasteiger partial charge in [-0.25, -0.2) is 0 Å². The largest absolute Gasteiger partial charge is 0.480 e. The molecular weight excluding hydrogens is 244 g/mol. The smallest absolute Gasteiger partial charge is 0.324 e. The molecule has 0 aromatic heterocycles. The lowest BCUT2D eigenvalue weighted by Crippen LogP contribution is -2.48. The monoisotopic (exact) mass is 272 g/mol. The van der Waals surface area contributed by atoms with Crippen LogP contribution in [0.4, 0.5) is 0 Å². The number of esters is 1. The molecule has 0 heterocycles. The van der Waals surface area contributed by atoms with Crippen LogP contribution in [0, 0.1) is 10.8 Å². The van der Waals surface area contributed by atoms with Crippen LogP contribution in [0.5, 0.6) is 0 Å². The summed E-state index contributed by atoms with van der Waals surface area (Å²) in [5.41, 5.74) is -2.22. The van der Waals surface area contributed by atoms with Crippen molar-refractivity contribution >= 4 is 11.9 Å². The van der Waals surface area contributed by atoms with Crippen molar-refractivity contribution in [1.29, 1.82) is 0 Å². The lowest BCUT2D eigenvalue weighted by molar-refractivity contribution is -0.180. The molecule has 4 nitrogen and oxygen atoms in total. The first-order chi connectivity index (χ1) is 8.61.